The maximum absolute atomic E-state index is 13.0. The van der Waals surface area contributed by atoms with Crippen molar-refractivity contribution in [3.05, 3.63) is 42.0 Å². The summed E-state index contributed by atoms with van der Waals surface area (Å²) in [4.78, 5) is 28.0. The van der Waals surface area contributed by atoms with Crippen LogP contribution in [0.4, 0.5) is 4.39 Å². The van der Waals surface area contributed by atoms with Crippen LogP contribution in [0.2, 0.25) is 0 Å². The van der Waals surface area contributed by atoms with Gasteiger partial charge in [-0.3, -0.25) is 14.5 Å². The Hall–Kier alpha value is -2.85. The first-order valence-electron chi connectivity index (χ1n) is 8.42. The van der Waals surface area contributed by atoms with Gasteiger partial charge < -0.3 is 14.7 Å². The quantitative estimate of drug-likeness (QED) is 0.771. The minimum atomic E-state index is -0.918. The molecule has 1 unspecified atom stereocenters. The number of benzene rings is 1. The number of carboxylic acids is 1. The van der Waals surface area contributed by atoms with Crippen LogP contribution < -0.4 is 0 Å². The summed E-state index contributed by atoms with van der Waals surface area (Å²) in [6, 6.07) is 5.63. The first-order valence-corrected chi connectivity index (χ1v) is 8.42. The van der Waals surface area contributed by atoms with Crippen LogP contribution in [-0.4, -0.2) is 87.7 Å². The van der Waals surface area contributed by atoms with E-state index in [0.717, 1.165) is 0 Å². The second-order valence-corrected chi connectivity index (χ2v) is 6.33. The van der Waals surface area contributed by atoms with Gasteiger partial charge in [-0.2, -0.15) is 9.90 Å². The summed E-state index contributed by atoms with van der Waals surface area (Å²) in [6.45, 7) is 1.43. The molecule has 1 atom stereocenters. The number of rotatable bonds is 6. The maximum atomic E-state index is 13.0. The molecule has 1 aliphatic rings. The molecule has 1 aromatic carbocycles. The third kappa shape index (κ3) is 4.86. The van der Waals surface area contributed by atoms with Crippen molar-refractivity contribution in [3.63, 3.8) is 0 Å². The Morgan fingerprint density at radius 2 is 2.11 bits per heavy atom. The van der Waals surface area contributed by atoms with Crippen molar-refractivity contribution < 1.29 is 23.8 Å². The minimum absolute atomic E-state index is 0.0974. The zero-order chi connectivity index (χ0) is 19.4. The predicted octanol–water partition coefficient (Wildman–Crippen LogP) is 0.264. The number of aromatic nitrogens is 3. The van der Waals surface area contributed by atoms with Crippen LogP contribution in [0.25, 0.3) is 5.69 Å². The van der Waals surface area contributed by atoms with Crippen LogP contribution in [-0.2, 0) is 9.53 Å². The van der Waals surface area contributed by atoms with Gasteiger partial charge >= 0.3 is 5.97 Å². The molecule has 1 N–H and O–H groups in total. The molecule has 1 saturated heterocycles. The van der Waals surface area contributed by atoms with Gasteiger partial charge in [0.2, 0.25) is 0 Å². The molecule has 27 heavy (non-hydrogen) atoms. The standard InChI is InChI=1S/C17H20FN5O4/c1-21(11-16(24)25)9-14-10-22(6-7-27-14)17(26)15-8-19-23(20-15)13-4-2-12(18)3-5-13/h2-5,8,14H,6-7,9-11H2,1H3,(H,24,25). The molecule has 144 valence electrons. The third-order valence-corrected chi connectivity index (χ3v) is 4.12. The molecule has 1 aromatic heterocycles. The van der Waals surface area contributed by atoms with Crippen molar-refractivity contribution in [3.8, 4) is 5.69 Å². The van der Waals surface area contributed by atoms with Crippen LogP contribution in [0.1, 0.15) is 10.5 Å². The Morgan fingerprint density at radius 3 is 2.81 bits per heavy atom. The van der Waals surface area contributed by atoms with Gasteiger partial charge in [-0.25, -0.2) is 4.39 Å². The molecule has 10 heteroatoms. The van der Waals surface area contributed by atoms with E-state index in [2.05, 4.69) is 10.2 Å². The van der Waals surface area contributed by atoms with E-state index in [1.807, 2.05) is 0 Å². The van der Waals surface area contributed by atoms with Crippen molar-refractivity contribution in [2.75, 3.05) is 39.8 Å². The van der Waals surface area contributed by atoms with Crippen molar-refractivity contribution in [2.24, 2.45) is 0 Å². The van der Waals surface area contributed by atoms with Crippen LogP contribution in [0.3, 0.4) is 0 Å². The SMILES string of the molecule is CN(CC(=O)O)CC1CN(C(=O)c2cnn(-c3ccc(F)cc3)n2)CCO1. The Kier molecular flexibility index (Phi) is 5.77. The van der Waals surface area contributed by atoms with Gasteiger partial charge in [-0.15, -0.1) is 5.10 Å². The number of hydrogen-bond acceptors (Lipinski definition) is 6. The number of ether oxygens (including phenoxy) is 1. The fraction of sp³-hybridized carbons (Fsp3) is 0.412. The molecule has 2 heterocycles. The number of morpholine rings is 1. The number of carbonyl (C=O) groups excluding carboxylic acids is 1. The Bertz CT molecular complexity index is 810. The van der Waals surface area contributed by atoms with E-state index >= 15 is 0 Å². The molecule has 0 radical (unpaired) electrons. The van der Waals surface area contributed by atoms with E-state index < -0.39 is 5.97 Å². The van der Waals surface area contributed by atoms with Gasteiger partial charge in [0.15, 0.2) is 5.69 Å². The summed E-state index contributed by atoms with van der Waals surface area (Å²) in [5.74, 6) is -1.56. The van der Waals surface area contributed by atoms with Crippen LogP contribution in [0, 0.1) is 5.82 Å². The van der Waals surface area contributed by atoms with Crippen LogP contribution in [0.15, 0.2) is 30.5 Å². The molecule has 1 amide bonds. The van der Waals surface area contributed by atoms with Crippen molar-refractivity contribution in [2.45, 2.75) is 6.10 Å². The van der Waals surface area contributed by atoms with Gasteiger partial charge in [0, 0.05) is 19.6 Å². The lowest BCUT2D eigenvalue weighted by Crippen LogP contribution is -2.49. The monoisotopic (exact) mass is 377 g/mol. The van der Waals surface area contributed by atoms with Gasteiger partial charge in [0.25, 0.3) is 5.91 Å². The highest BCUT2D eigenvalue weighted by Gasteiger charge is 2.27. The van der Waals surface area contributed by atoms with E-state index in [1.54, 1.807) is 16.8 Å². The van der Waals surface area contributed by atoms with Gasteiger partial charge in [-0.05, 0) is 31.3 Å². The van der Waals surface area contributed by atoms with E-state index in [1.165, 1.54) is 35.3 Å². The molecule has 9 nitrogen and oxygen atoms in total. The summed E-state index contributed by atoms with van der Waals surface area (Å²) in [7, 11) is 1.69. The smallest absolute Gasteiger partial charge is 0.317 e. The lowest BCUT2D eigenvalue weighted by molar-refractivity contribution is -0.138. The van der Waals surface area contributed by atoms with Gasteiger partial charge in [-0.1, -0.05) is 0 Å². The first kappa shape index (κ1) is 18.9. The first-order chi connectivity index (χ1) is 12.9. The van der Waals surface area contributed by atoms with Crippen LogP contribution in [0.5, 0.6) is 0 Å². The van der Waals surface area contributed by atoms with Crippen LogP contribution >= 0.6 is 0 Å². The number of carbonyl (C=O) groups is 2. The molecule has 1 fully saturated rings. The molecule has 0 bridgehead atoms. The highest BCUT2D eigenvalue weighted by molar-refractivity contribution is 5.92. The zero-order valence-corrected chi connectivity index (χ0v) is 14.8. The summed E-state index contributed by atoms with van der Waals surface area (Å²) in [6.07, 6.45) is 1.09. The Morgan fingerprint density at radius 1 is 1.37 bits per heavy atom. The highest BCUT2D eigenvalue weighted by atomic mass is 19.1. The summed E-state index contributed by atoms with van der Waals surface area (Å²) in [5.41, 5.74) is 0.726. The van der Waals surface area contributed by atoms with Crippen molar-refractivity contribution in [1.29, 1.82) is 0 Å². The number of hydrogen-bond donors (Lipinski definition) is 1. The Labute approximate surface area is 154 Å². The molecular weight excluding hydrogens is 357 g/mol. The summed E-state index contributed by atoms with van der Waals surface area (Å²) < 4.78 is 18.6. The fourth-order valence-electron chi connectivity index (χ4n) is 2.88. The number of aliphatic carboxylic acids is 1. The van der Waals surface area contributed by atoms with Gasteiger partial charge in [0.1, 0.15) is 5.82 Å². The molecule has 1 aliphatic heterocycles. The maximum Gasteiger partial charge on any atom is 0.317 e. The lowest BCUT2D eigenvalue weighted by atomic mass is 10.2. The normalized spacial score (nSPS) is 17.3. The fourth-order valence-corrected chi connectivity index (χ4v) is 2.88. The predicted molar refractivity (Wildman–Crippen MR) is 92.1 cm³/mol. The highest BCUT2D eigenvalue weighted by Crippen LogP contribution is 2.12. The number of likely N-dealkylation sites (N-methyl/N-ethyl adjacent to an activating group) is 1. The Balaban J connectivity index is 1.63. The van der Waals surface area contributed by atoms with Gasteiger partial charge in [0.05, 0.1) is 31.1 Å². The third-order valence-electron chi connectivity index (χ3n) is 4.12. The summed E-state index contributed by atoms with van der Waals surface area (Å²) in [5, 5.41) is 17.1. The average molecular weight is 377 g/mol. The average Bonchev–Trinajstić information content (AvgIpc) is 3.11. The van der Waals surface area contributed by atoms with Crippen molar-refractivity contribution in [1.82, 2.24) is 24.8 Å². The molecule has 2 aromatic rings. The van der Waals surface area contributed by atoms with E-state index in [9.17, 15) is 14.0 Å². The molecule has 3 rings (SSSR count). The topological polar surface area (TPSA) is 101 Å². The number of nitrogens with zero attached hydrogens (tertiary/aromatic N) is 5. The van der Waals surface area contributed by atoms with E-state index in [4.69, 9.17) is 9.84 Å². The number of halogens is 1. The van der Waals surface area contributed by atoms with E-state index in [-0.39, 0.29) is 30.1 Å². The molecule has 0 spiro atoms. The number of carboxylic acid groups (broad SMARTS) is 1. The van der Waals surface area contributed by atoms with E-state index in [0.29, 0.717) is 31.9 Å². The largest absolute Gasteiger partial charge is 0.480 e. The van der Waals surface area contributed by atoms with Crippen molar-refractivity contribution >= 4 is 11.9 Å². The molecule has 0 saturated carbocycles. The second kappa shape index (κ2) is 8.23. The summed E-state index contributed by atoms with van der Waals surface area (Å²) >= 11 is 0. The second-order valence-electron chi connectivity index (χ2n) is 6.33. The lowest BCUT2D eigenvalue weighted by Gasteiger charge is -2.34. The minimum Gasteiger partial charge on any atom is -0.480 e. The zero-order valence-electron chi connectivity index (χ0n) is 14.8. The molecule has 0 aliphatic carbocycles. The molecular formula is C17H20FN5O4. The number of amides is 1.